The average molecular weight is 459 g/mol. The van der Waals surface area contributed by atoms with E-state index in [0.29, 0.717) is 37.5 Å². The van der Waals surface area contributed by atoms with Crippen LogP contribution in [0.5, 0.6) is 0 Å². The van der Waals surface area contributed by atoms with Crippen molar-refractivity contribution in [1.82, 2.24) is 0 Å². The van der Waals surface area contributed by atoms with Crippen LogP contribution in [-0.4, -0.2) is 26.1 Å². The first-order valence-corrected chi connectivity index (χ1v) is 13.5. The number of hydrogen-bond acceptors (Lipinski definition) is 5. The zero-order valence-electron chi connectivity index (χ0n) is 19.3. The number of carbonyl (C=O) groups excluding carboxylic acids is 2. The summed E-state index contributed by atoms with van der Waals surface area (Å²) in [5.41, 5.74) is 0.427. The summed E-state index contributed by atoms with van der Waals surface area (Å²) in [4.78, 5) is 26.2. The molecule has 174 valence electrons. The number of fused-ring (bicyclic) bond motifs is 5. The summed E-state index contributed by atoms with van der Waals surface area (Å²) < 4.78 is 31.3. The van der Waals surface area contributed by atoms with E-state index in [1.54, 1.807) is 24.3 Å². The number of carbonyl (C=O) groups is 2. The molecule has 4 aliphatic carbocycles. The first kappa shape index (κ1) is 22.3. The molecular formula is C26H34O5S. The monoisotopic (exact) mass is 458 g/mol. The van der Waals surface area contributed by atoms with Crippen LogP contribution in [0.1, 0.15) is 70.8 Å². The van der Waals surface area contributed by atoms with Gasteiger partial charge in [0.1, 0.15) is 11.6 Å². The predicted octanol–water partition coefficient (Wildman–Crippen LogP) is 4.86. The lowest BCUT2D eigenvalue weighted by Crippen LogP contribution is -2.57. The van der Waals surface area contributed by atoms with Gasteiger partial charge in [0, 0.05) is 24.2 Å². The summed E-state index contributed by atoms with van der Waals surface area (Å²) in [6.07, 6.45) is 5.66. The van der Waals surface area contributed by atoms with E-state index in [2.05, 4.69) is 6.92 Å². The molecule has 32 heavy (non-hydrogen) atoms. The lowest BCUT2D eigenvalue weighted by atomic mass is 9.45. The van der Waals surface area contributed by atoms with E-state index < -0.39 is 15.5 Å². The van der Waals surface area contributed by atoms with Gasteiger partial charge in [-0.15, -0.1) is 0 Å². The Morgan fingerprint density at radius 2 is 1.72 bits per heavy atom. The molecule has 4 saturated carbocycles. The van der Waals surface area contributed by atoms with E-state index >= 15 is 0 Å². The second-order valence-electron chi connectivity index (χ2n) is 11.3. The van der Waals surface area contributed by atoms with E-state index in [4.69, 9.17) is 4.18 Å². The van der Waals surface area contributed by atoms with Crippen molar-refractivity contribution in [3.05, 3.63) is 29.8 Å². The van der Waals surface area contributed by atoms with Gasteiger partial charge in [-0.05, 0) is 80.8 Å². The molecule has 0 aromatic heterocycles. The van der Waals surface area contributed by atoms with Gasteiger partial charge in [0.2, 0.25) is 0 Å². The summed E-state index contributed by atoms with van der Waals surface area (Å²) in [6, 6.07) is 6.77. The van der Waals surface area contributed by atoms with Gasteiger partial charge in [0.15, 0.2) is 0 Å². The van der Waals surface area contributed by atoms with Crippen LogP contribution in [0.3, 0.4) is 0 Å². The standard InChI is InChI=1S/C26H34O5S/c1-16-4-7-19(8-5-16)32(29,30)31-18-12-13-25(2)17(14-18)6-9-20-21-10-11-23(28)26(21,3)15-22(27)24(20)25/h4-5,7-8,17-18,20-21,24H,6,9-15H2,1-3H3/t17-,18-,20-,21-,24+,25-,26-/m0/s1. The first-order valence-electron chi connectivity index (χ1n) is 12.1. The van der Waals surface area contributed by atoms with Crippen LogP contribution in [0.15, 0.2) is 29.2 Å². The second kappa shape index (κ2) is 7.49. The molecule has 5 rings (SSSR count). The maximum Gasteiger partial charge on any atom is 0.297 e. The minimum atomic E-state index is -3.80. The van der Waals surface area contributed by atoms with E-state index in [-0.39, 0.29) is 39.8 Å². The fourth-order valence-electron chi connectivity index (χ4n) is 7.84. The van der Waals surface area contributed by atoms with Crippen LogP contribution in [0, 0.1) is 41.4 Å². The zero-order chi connectivity index (χ0) is 22.9. The van der Waals surface area contributed by atoms with Gasteiger partial charge in [0.05, 0.1) is 11.0 Å². The van der Waals surface area contributed by atoms with Crippen molar-refractivity contribution in [1.29, 1.82) is 0 Å². The molecule has 5 nitrogen and oxygen atoms in total. The number of rotatable bonds is 3. The topological polar surface area (TPSA) is 77.5 Å². The third-order valence-corrected chi connectivity index (χ3v) is 11.0. The Labute approximate surface area is 191 Å². The van der Waals surface area contributed by atoms with E-state index in [1.165, 1.54) is 0 Å². The summed E-state index contributed by atoms with van der Waals surface area (Å²) in [5.74, 6) is 1.44. The molecule has 0 saturated heterocycles. The maximum atomic E-state index is 13.4. The number of aryl methyl sites for hydroxylation is 1. The number of ketones is 2. The van der Waals surface area contributed by atoms with Gasteiger partial charge in [-0.2, -0.15) is 8.42 Å². The van der Waals surface area contributed by atoms with Crippen molar-refractivity contribution in [3.8, 4) is 0 Å². The first-order chi connectivity index (χ1) is 15.0. The fourth-order valence-corrected chi connectivity index (χ4v) is 8.95. The minimum absolute atomic E-state index is 0.000110. The van der Waals surface area contributed by atoms with Crippen LogP contribution in [0.25, 0.3) is 0 Å². The predicted molar refractivity (Wildman–Crippen MR) is 120 cm³/mol. The highest BCUT2D eigenvalue weighted by Crippen LogP contribution is 2.64. The van der Waals surface area contributed by atoms with E-state index in [0.717, 1.165) is 31.2 Å². The van der Waals surface area contributed by atoms with Crippen LogP contribution >= 0.6 is 0 Å². The smallest absolute Gasteiger partial charge is 0.297 e. The van der Waals surface area contributed by atoms with Gasteiger partial charge in [-0.3, -0.25) is 13.8 Å². The molecule has 7 atom stereocenters. The van der Waals surface area contributed by atoms with Crippen LogP contribution in [0.4, 0.5) is 0 Å². The normalized spacial score (nSPS) is 41.7. The molecule has 6 heteroatoms. The van der Waals surface area contributed by atoms with Gasteiger partial charge >= 0.3 is 0 Å². The lowest BCUT2D eigenvalue weighted by Gasteiger charge is -2.59. The maximum absolute atomic E-state index is 13.4. The third kappa shape index (κ3) is 3.32. The Morgan fingerprint density at radius 3 is 2.44 bits per heavy atom. The van der Waals surface area contributed by atoms with Crippen LogP contribution in [-0.2, 0) is 23.9 Å². The van der Waals surface area contributed by atoms with Gasteiger partial charge in [-0.1, -0.05) is 31.5 Å². The Bertz CT molecular complexity index is 1040. The molecule has 0 spiro atoms. The largest absolute Gasteiger partial charge is 0.299 e. The molecular weight excluding hydrogens is 424 g/mol. The highest BCUT2D eigenvalue weighted by Gasteiger charge is 2.63. The van der Waals surface area contributed by atoms with Crippen molar-refractivity contribution < 1.29 is 22.2 Å². The summed E-state index contributed by atoms with van der Waals surface area (Å²) in [5, 5.41) is 0. The van der Waals surface area contributed by atoms with Crippen molar-refractivity contribution in [3.63, 3.8) is 0 Å². The Kier molecular flexibility index (Phi) is 5.21. The van der Waals surface area contributed by atoms with Gasteiger partial charge in [0.25, 0.3) is 10.1 Å². The van der Waals surface area contributed by atoms with E-state index in [1.807, 2.05) is 13.8 Å². The lowest BCUT2D eigenvalue weighted by molar-refractivity contribution is -0.161. The fraction of sp³-hybridized carbons (Fsp3) is 0.692. The molecule has 1 aromatic rings. The zero-order valence-corrected chi connectivity index (χ0v) is 20.1. The SMILES string of the molecule is Cc1ccc(S(=O)(=O)O[C@H]2CC[C@@]3(C)[C@@H](CC[C@@H]4[C@@H]3C(=O)C[C@]3(C)C(=O)CC[C@@H]43)C2)cc1. The van der Waals surface area contributed by atoms with Gasteiger partial charge in [-0.25, -0.2) is 0 Å². The summed E-state index contributed by atoms with van der Waals surface area (Å²) in [6.45, 7) is 6.19. The molecule has 0 aliphatic heterocycles. The Balaban J connectivity index is 1.34. The minimum Gasteiger partial charge on any atom is -0.299 e. The van der Waals surface area contributed by atoms with Crippen molar-refractivity contribution >= 4 is 21.7 Å². The average Bonchev–Trinajstić information content (AvgIpc) is 3.02. The molecule has 4 fully saturated rings. The molecule has 0 amide bonds. The van der Waals surface area contributed by atoms with Crippen LogP contribution in [0.2, 0.25) is 0 Å². The second-order valence-corrected chi connectivity index (χ2v) is 12.9. The quantitative estimate of drug-likeness (QED) is 0.605. The highest BCUT2D eigenvalue weighted by atomic mass is 32.2. The van der Waals surface area contributed by atoms with E-state index in [9.17, 15) is 18.0 Å². The highest BCUT2D eigenvalue weighted by molar-refractivity contribution is 7.86. The summed E-state index contributed by atoms with van der Waals surface area (Å²) >= 11 is 0. The number of hydrogen-bond donors (Lipinski definition) is 0. The van der Waals surface area contributed by atoms with Crippen molar-refractivity contribution in [2.24, 2.45) is 34.5 Å². The molecule has 0 radical (unpaired) electrons. The molecule has 0 unspecified atom stereocenters. The third-order valence-electron chi connectivity index (χ3n) is 9.59. The van der Waals surface area contributed by atoms with Crippen molar-refractivity contribution in [2.75, 3.05) is 0 Å². The molecule has 4 aliphatic rings. The molecule has 0 heterocycles. The Morgan fingerprint density at radius 1 is 1.00 bits per heavy atom. The number of Topliss-reactive ketones (excluding diaryl/α,β-unsaturated/α-hetero) is 2. The number of benzene rings is 1. The molecule has 0 bridgehead atoms. The van der Waals surface area contributed by atoms with Crippen LogP contribution < -0.4 is 0 Å². The molecule has 0 N–H and O–H groups in total. The van der Waals surface area contributed by atoms with Gasteiger partial charge < -0.3 is 0 Å². The van der Waals surface area contributed by atoms with Crippen molar-refractivity contribution in [2.45, 2.75) is 83.1 Å². The molecule has 1 aromatic carbocycles. The summed E-state index contributed by atoms with van der Waals surface area (Å²) in [7, 11) is -3.80. The Hall–Kier alpha value is -1.53.